The van der Waals surface area contributed by atoms with Gasteiger partial charge in [-0.25, -0.2) is 0 Å². The molecule has 2 aliphatic heterocycles. The van der Waals surface area contributed by atoms with E-state index in [9.17, 15) is 14.7 Å². The molecule has 0 aliphatic carbocycles. The molecular formula is C27H21N3O4S3. The molecule has 0 bridgehead atoms. The van der Waals surface area contributed by atoms with Crippen LogP contribution < -0.4 is 9.64 Å². The molecule has 2 aromatic heterocycles. The lowest BCUT2D eigenvalue weighted by atomic mass is 9.98. The minimum Gasteiger partial charge on any atom is -0.507 e. The third-order valence-corrected chi connectivity index (χ3v) is 9.29. The Bertz CT molecular complexity index is 1510. The fourth-order valence-corrected chi connectivity index (χ4v) is 7.20. The van der Waals surface area contributed by atoms with Crippen molar-refractivity contribution in [2.24, 2.45) is 0 Å². The smallest absolute Gasteiger partial charge is 0.301 e. The number of ether oxygens (including phenoxy) is 1. The number of thiophene rings is 1. The van der Waals surface area contributed by atoms with E-state index < -0.39 is 17.7 Å². The molecule has 6 rings (SSSR count). The zero-order chi connectivity index (χ0) is 25.5. The predicted octanol–water partition coefficient (Wildman–Crippen LogP) is 5.84. The first-order chi connectivity index (χ1) is 18.0. The van der Waals surface area contributed by atoms with Gasteiger partial charge >= 0.3 is 5.91 Å². The summed E-state index contributed by atoms with van der Waals surface area (Å²) in [5, 5.41) is 22.1. The Hall–Kier alpha value is -3.47. The first-order valence-electron chi connectivity index (χ1n) is 11.6. The van der Waals surface area contributed by atoms with E-state index in [1.54, 1.807) is 12.1 Å². The molecule has 0 radical (unpaired) electrons. The van der Waals surface area contributed by atoms with Gasteiger partial charge in [0.05, 0.1) is 5.57 Å². The van der Waals surface area contributed by atoms with Crippen LogP contribution in [0.3, 0.4) is 0 Å². The molecule has 2 aliphatic rings. The van der Waals surface area contributed by atoms with Crippen LogP contribution in [0.15, 0.2) is 76.0 Å². The number of aromatic nitrogens is 2. The Balaban J connectivity index is 1.36. The molecule has 1 N–H and O–H groups in total. The number of aliphatic hydroxyl groups is 1. The van der Waals surface area contributed by atoms with Gasteiger partial charge in [-0.05, 0) is 47.7 Å². The number of aliphatic hydroxyl groups excluding tert-OH is 1. The molecule has 10 heteroatoms. The molecule has 0 spiro atoms. The second-order valence-corrected chi connectivity index (χ2v) is 11.9. The van der Waals surface area contributed by atoms with Crippen molar-refractivity contribution in [1.29, 1.82) is 0 Å². The Kier molecular flexibility index (Phi) is 6.31. The highest BCUT2D eigenvalue weighted by Crippen LogP contribution is 2.45. The van der Waals surface area contributed by atoms with E-state index in [2.05, 4.69) is 10.2 Å². The van der Waals surface area contributed by atoms with Gasteiger partial charge in [-0.15, -0.1) is 21.5 Å². The highest BCUT2D eigenvalue weighted by molar-refractivity contribution is 8.00. The topological polar surface area (TPSA) is 92.6 Å². The second kappa shape index (κ2) is 9.77. The molecule has 2 unspecified atom stereocenters. The number of nitrogens with zero attached hydrogens (tertiary/aromatic N) is 3. The number of carbonyl (C=O) groups excluding carboxylic acids is 2. The first-order valence-corrected chi connectivity index (χ1v) is 14.3. The average molecular weight is 548 g/mol. The number of fused-ring (bicyclic) bond motifs is 1. The van der Waals surface area contributed by atoms with Crippen LogP contribution in [-0.4, -0.2) is 33.1 Å². The maximum Gasteiger partial charge on any atom is 0.301 e. The standard InChI is InChI=1S/C27H21N3O4S3/c1-15-12-18-13-17(9-10-19(18)34-15)23(31)21-22(20-8-5-11-35-20)30(25(33)24(21)32)26-28-29-27(37-26)36-14-16-6-3-2-4-7-16/h2-11,13,15,22,31H,12,14H2,1H3/b23-21+. The first kappa shape index (κ1) is 23.9. The summed E-state index contributed by atoms with van der Waals surface area (Å²) in [7, 11) is 0. The lowest BCUT2D eigenvalue weighted by Gasteiger charge is -2.21. The summed E-state index contributed by atoms with van der Waals surface area (Å²) in [5.74, 6) is -0.189. The van der Waals surface area contributed by atoms with Gasteiger partial charge < -0.3 is 9.84 Å². The number of anilines is 1. The number of hydrogen-bond donors (Lipinski definition) is 1. The Morgan fingerprint density at radius 3 is 2.76 bits per heavy atom. The zero-order valence-corrected chi connectivity index (χ0v) is 22.1. The minimum absolute atomic E-state index is 0.0491. The van der Waals surface area contributed by atoms with Crippen molar-refractivity contribution in [3.63, 3.8) is 0 Å². The summed E-state index contributed by atoms with van der Waals surface area (Å²) in [6.07, 6.45) is 0.767. The van der Waals surface area contributed by atoms with Crippen molar-refractivity contribution in [2.45, 2.75) is 35.6 Å². The summed E-state index contributed by atoms with van der Waals surface area (Å²) in [6, 6.07) is 18.3. The van der Waals surface area contributed by atoms with Crippen molar-refractivity contribution >= 4 is 57.0 Å². The quantitative estimate of drug-likeness (QED) is 0.107. The van der Waals surface area contributed by atoms with E-state index in [0.717, 1.165) is 21.8 Å². The minimum atomic E-state index is -0.789. The third-order valence-electron chi connectivity index (χ3n) is 6.23. The molecular weight excluding hydrogens is 527 g/mol. The molecule has 1 amide bonds. The third kappa shape index (κ3) is 4.45. The number of thioether (sulfide) groups is 1. The highest BCUT2D eigenvalue weighted by Gasteiger charge is 2.49. The van der Waals surface area contributed by atoms with Gasteiger partial charge in [0.2, 0.25) is 5.13 Å². The summed E-state index contributed by atoms with van der Waals surface area (Å²) < 4.78 is 6.46. The molecule has 1 saturated heterocycles. The van der Waals surface area contributed by atoms with Gasteiger partial charge in [0.1, 0.15) is 23.7 Å². The Labute approximate surface area is 225 Å². The summed E-state index contributed by atoms with van der Waals surface area (Å²) >= 11 is 4.19. The molecule has 0 saturated carbocycles. The van der Waals surface area contributed by atoms with Gasteiger partial charge in [0.25, 0.3) is 5.78 Å². The van der Waals surface area contributed by atoms with Crippen LogP contribution in [0.25, 0.3) is 5.76 Å². The molecule has 186 valence electrons. The number of hydrogen-bond acceptors (Lipinski definition) is 9. The van der Waals surface area contributed by atoms with Gasteiger partial charge in [0, 0.05) is 22.6 Å². The molecule has 7 nitrogen and oxygen atoms in total. The van der Waals surface area contributed by atoms with Crippen LogP contribution in [0.2, 0.25) is 0 Å². The number of ketones is 1. The fraction of sp³-hybridized carbons (Fsp3) is 0.185. The maximum atomic E-state index is 13.3. The van der Waals surface area contributed by atoms with Crippen molar-refractivity contribution in [2.75, 3.05) is 4.90 Å². The molecule has 2 atom stereocenters. The van der Waals surface area contributed by atoms with E-state index >= 15 is 0 Å². The Morgan fingerprint density at radius 1 is 1.14 bits per heavy atom. The van der Waals surface area contributed by atoms with Gasteiger partial charge in [-0.2, -0.15) is 0 Å². The predicted molar refractivity (Wildman–Crippen MR) is 145 cm³/mol. The Morgan fingerprint density at radius 2 is 1.97 bits per heavy atom. The SMILES string of the molecule is CC1Cc2cc(/C(O)=C3\C(=O)C(=O)N(c4nnc(SCc5ccccc5)s4)C3c3cccs3)ccc2O1. The van der Waals surface area contributed by atoms with Crippen LogP contribution in [0.5, 0.6) is 5.75 Å². The lowest BCUT2D eigenvalue weighted by molar-refractivity contribution is -0.132. The fourth-order valence-electron chi connectivity index (χ4n) is 4.55. The summed E-state index contributed by atoms with van der Waals surface area (Å²) in [5.41, 5.74) is 2.64. The van der Waals surface area contributed by atoms with Crippen LogP contribution in [0.1, 0.15) is 34.5 Å². The van der Waals surface area contributed by atoms with Crippen molar-refractivity contribution in [1.82, 2.24) is 10.2 Å². The normalized spacial score (nSPS) is 20.3. The number of rotatable bonds is 6. The van der Waals surface area contributed by atoms with Crippen LogP contribution in [0.4, 0.5) is 5.13 Å². The molecule has 2 aromatic carbocycles. The van der Waals surface area contributed by atoms with Crippen LogP contribution >= 0.6 is 34.4 Å². The highest BCUT2D eigenvalue weighted by atomic mass is 32.2. The second-order valence-electron chi connectivity index (χ2n) is 8.76. The number of benzene rings is 2. The summed E-state index contributed by atoms with van der Waals surface area (Å²) in [6.45, 7) is 1.98. The molecule has 4 aromatic rings. The van der Waals surface area contributed by atoms with Crippen molar-refractivity contribution in [3.05, 3.63) is 93.2 Å². The van der Waals surface area contributed by atoms with Gasteiger partial charge in [-0.1, -0.05) is 59.5 Å². The summed E-state index contributed by atoms with van der Waals surface area (Å²) in [4.78, 5) is 28.8. The number of carbonyl (C=O) groups is 2. The average Bonchev–Trinajstić information content (AvgIpc) is 3.70. The van der Waals surface area contributed by atoms with E-state index in [4.69, 9.17) is 4.74 Å². The van der Waals surface area contributed by atoms with Crippen LogP contribution in [0, 0.1) is 0 Å². The van der Waals surface area contributed by atoms with Crippen molar-refractivity contribution in [3.8, 4) is 5.75 Å². The van der Waals surface area contributed by atoms with E-state index in [-0.39, 0.29) is 17.4 Å². The maximum absolute atomic E-state index is 13.3. The van der Waals surface area contributed by atoms with Gasteiger partial charge in [-0.3, -0.25) is 14.5 Å². The zero-order valence-electron chi connectivity index (χ0n) is 19.7. The largest absolute Gasteiger partial charge is 0.507 e. The van der Waals surface area contributed by atoms with E-state index in [1.165, 1.54) is 39.3 Å². The number of amides is 1. The monoisotopic (exact) mass is 547 g/mol. The molecule has 4 heterocycles. The molecule has 1 fully saturated rings. The molecule has 37 heavy (non-hydrogen) atoms. The van der Waals surface area contributed by atoms with Crippen LogP contribution in [-0.2, 0) is 21.8 Å². The van der Waals surface area contributed by atoms with Crippen molar-refractivity contribution < 1.29 is 19.4 Å². The number of Topliss-reactive ketones (excluding diaryl/α,β-unsaturated/α-hetero) is 1. The lowest BCUT2D eigenvalue weighted by Crippen LogP contribution is -2.29. The van der Waals surface area contributed by atoms with E-state index in [1.807, 2.05) is 60.8 Å². The van der Waals surface area contributed by atoms with Gasteiger partial charge in [0.15, 0.2) is 4.34 Å². The van der Waals surface area contributed by atoms with E-state index in [0.29, 0.717) is 27.2 Å².